The molecular formula is C15H22N2O. The maximum atomic E-state index is 5.78. The van der Waals surface area contributed by atoms with Crippen molar-refractivity contribution in [3.63, 3.8) is 0 Å². The van der Waals surface area contributed by atoms with Crippen LogP contribution >= 0.6 is 0 Å². The molecule has 0 amide bonds. The predicted molar refractivity (Wildman–Crippen MR) is 73.8 cm³/mol. The maximum absolute atomic E-state index is 5.78. The molecule has 0 saturated carbocycles. The molecule has 1 unspecified atom stereocenters. The highest BCUT2D eigenvalue weighted by Crippen LogP contribution is 2.32. The van der Waals surface area contributed by atoms with E-state index in [1.165, 1.54) is 11.1 Å². The minimum atomic E-state index is -0.0669. The van der Waals surface area contributed by atoms with Crippen molar-refractivity contribution in [3.8, 4) is 0 Å². The van der Waals surface area contributed by atoms with Gasteiger partial charge in [0.25, 0.3) is 0 Å². The normalized spacial score (nSPS) is 17.8. The summed E-state index contributed by atoms with van der Waals surface area (Å²) in [6, 6.07) is 10.6. The highest BCUT2D eigenvalue weighted by atomic mass is 16.5. The number of nitrogens with one attached hydrogen (secondary N) is 1. The van der Waals surface area contributed by atoms with Gasteiger partial charge in [0.15, 0.2) is 0 Å². The Labute approximate surface area is 109 Å². The van der Waals surface area contributed by atoms with Crippen molar-refractivity contribution < 1.29 is 4.74 Å². The lowest BCUT2D eigenvalue weighted by Crippen LogP contribution is -2.49. The van der Waals surface area contributed by atoms with Gasteiger partial charge in [-0.3, -0.25) is 11.3 Å². The smallest absolute Gasteiger partial charge is 0.0876 e. The van der Waals surface area contributed by atoms with Crippen LogP contribution in [-0.2, 0) is 10.2 Å². The van der Waals surface area contributed by atoms with Crippen LogP contribution in [0.25, 0.3) is 0 Å². The van der Waals surface area contributed by atoms with Gasteiger partial charge in [-0.25, -0.2) is 0 Å². The van der Waals surface area contributed by atoms with Gasteiger partial charge in [-0.2, -0.15) is 0 Å². The Morgan fingerprint density at radius 1 is 1.28 bits per heavy atom. The minimum Gasteiger partial charge on any atom is -0.501 e. The van der Waals surface area contributed by atoms with Crippen LogP contribution in [0, 0.1) is 0 Å². The lowest BCUT2D eigenvalue weighted by molar-refractivity contribution is 0.212. The standard InChI is InChI=1S/C15H22N2O/c1-15(2,13-8-4-3-5-9-13)14(17-16)12-7-6-10-18-11-12/h3-5,8-9,11,14,17H,6-7,10,16H2,1-2H3. The number of benzene rings is 1. The second-order valence-electron chi connectivity index (χ2n) is 5.35. The molecule has 98 valence electrons. The molecule has 0 saturated heterocycles. The van der Waals surface area contributed by atoms with E-state index < -0.39 is 0 Å². The Morgan fingerprint density at radius 3 is 2.56 bits per heavy atom. The summed E-state index contributed by atoms with van der Waals surface area (Å²) in [6.45, 7) is 5.23. The monoisotopic (exact) mass is 246 g/mol. The molecule has 1 aromatic carbocycles. The molecule has 0 fully saturated rings. The zero-order chi connectivity index (χ0) is 13.0. The van der Waals surface area contributed by atoms with Gasteiger partial charge in [-0.15, -0.1) is 0 Å². The number of hydrazine groups is 1. The summed E-state index contributed by atoms with van der Waals surface area (Å²) in [7, 11) is 0. The Kier molecular flexibility index (Phi) is 4.04. The average molecular weight is 246 g/mol. The highest BCUT2D eigenvalue weighted by molar-refractivity contribution is 5.31. The van der Waals surface area contributed by atoms with E-state index in [0.717, 1.165) is 19.4 Å². The van der Waals surface area contributed by atoms with E-state index in [2.05, 4.69) is 43.5 Å². The molecule has 1 aliphatic rings. The van der Waals surface area contributed by atoms with E-state index in [0.29, 0.717) is 0 Å². The minimum absolute atomic E-state index is 0.0669. The summed E-state index contributed by atoms with van der Waals surface area (Å²) in [5.74, 6) is 5.78. The molecule has 18 heavy (non-hydrogen) atoms. The third-order valence-corrected chi connectivity index (χ3v) is 3.74. The van der Waals surface area contributed by atoms with Crippen molar-refractivity contribution >= 4 is 0 Å². The first kappa shape index (κ1) is 13.1. The summed E-state index contributed by atoms with van der Waals surface area (Å²) in [5.41, 5.74) is 5.42. The van der Waals surface area contributed by atoms with Crippen LogP contribution in [0.2, 0.25) is 0 Å². The second-order valence-corrected chi connectivity index (χ2v) is 5.35. The molecule has 1 aliphatic heterocycles. The van der Waals surface area contributed by atoms with E-state index in [4.69, 9.17) is 10.6 Å². The summed E-state index contributed by atoms with van der Waals surface area (Å²) in [6.07, 6.45) is 3.98. The zero-order valence-electron chi connectivity index (χ0n) is 11.1. The number of hydrogen-bond donors (Lipinski definition) is 2. The van der Waals surface area contributed by atoms with Gasteiger partial charge < -0.3 is 4.74 Å². The molecule has 0 aliphatic carbocycles. The Balaban J connectivity index is 2.28. The van der Waals surface area contributed by atoms with Gasteiger partial charge in [0.05, 0.1) is 18.9 Å². The maximum Gasteiger partial charge on any atom is 0.0876 e. The molecule has 1 aromatic rings. The molecule has 1 atom stereocenters. The fraction of sp³-hybridized carbons (Fsp3) is 0.467. The number of nitrogens with two attached hydrogens (primary N) is 1. The molecule has 0 radical (unpaired) electrons. The molecule has 1 heterocycles. The first-order valence-electron chi connectivity index (χ1n) is 6.48. The van der Waals surface area contributed by atoms with E-state index in [1.54, 1.807) is 0 Å². The van der Waals surface area contributed by atoms with Crippen molar-refractivity contribution in [3.05, 3.63) is 47.7 Å². The van der Waals surface area contributed by atoms with Crippen LogP contribution in [0.5, 0.6) is 0 Å². The fourth-order valence-corrected chi connectivity index (χ4v) is 2.61. The Hall–Kier alpha value is -1.32. The van der Waals surface area contributed by atoms with Gasteiger partial charge in [0, 0.05) is 5.41 Å². The largest absolute Gasteiger partial charge is 0.501 e. The van der Waals surface area contributed by atoms with Crippen molar-refractivity contribution in [1.29, 1.82) is 0 Å². The fourth-order valence-electron chi connectivity index (χ4n) is 2.61. The quantitative estimate of drug-likeness (QED) is 0.634. The third-order valence-electron chi connectivity index (χ3n) is 3.74. The van der Waals surface area contributed by atoms with Crippen LogP contribution in [0.15, 0.2) is 42.2 Å². The van der Waals surface area contributed by atoms with Gasteiger partial charge in [0.2, 0.25) is 0 Å². The molecule has 3 N–H and O–H groups in total. The lowest BCUT2D eigenvalue weighted by atomic mass is 9.74. The molecule has 0 bridgehead atoms. The van der Waals surface area contributed by atoms with Crippen LogP contribution in [0.4, 0.5) is 0 Å². The zero-order valence-corrected chi connectivity index (χ0v) is 11.1. The molecule has 0 aromatic heterocycles. The van der Waals surface area contributed by atoms with Crippen molar-refractivity contribution in [2.45, 2.75) is 38.1 Å². The predicted octanol–water partition coefficient (Wildman–Crippen LogP) is 2.49. The number of ether oxygens (including phenoxy) is 1. The first-order chi connectivity index (χ1) is 8.66. The van der Waals surface area contributed by atoms with E-state index in [9.17, 15) is 0 Å². The lowest BCUT2D eigenvalue weighted by Gasteiger charge is -2.37. The third kappa shape index (κ3) is 2.57. The van der Waals surface area contributed by atoms with Crippen molar-refractivity contribution in [1.82, 2.24) is 5.43 Å². The molecule has 0 spiro atoms. The Morgan fingerprint density at radius 2 is 2.00 bits per heavy atom. The van der Waals surface area contributed by atoms with Gasteiger partial charge >= 0.3 is 0 Å². The van der Waals surface area contributed by atoms with Gasteiger partial charge in [-0.1, -0.05) is 44.2 Å². The van der Waals surface area contributed by atoms with Crippen LogP contribution in [-0.4, -0.2) is 12.6 Å². The van der Waals surface area contributed by atoms with E-state index >= 15 is 0 Å². The summed E-state index contributed by atoms with van der Waals surface area (Å²) >= 11 is 0. The summed E-state index contributed by atoms with van der Waals surface area (Å²) < 4.78 is 5.44. The average Bonchev–Trinajstić information content (AvgIpc) is 2.41. The highest BCUT2D eigenvalue weighted by Gasteiger charge is 2.33. The number of rotatable bonds is 4. The first-order valence-corrected chi connectivity index (χ1v) is 6.48. The van der Waals surface area contributed by atoms with E-state index in [1.807, 2.05) is 12.3 Å². The SMILES string of the molecule is CC(C)(c1ccccc1)C(NN)C1=COCCC1. The Bertz CT molecular complexity index is 412. The molecule has 2 rings (SSSR count). The second kappa shape index (κ2) is 5.55. The number of hydrogen-bond acceptors (Lipinski definition) is 3. The summed E-state index contributed by atoms with van der Waals surface area (Å²) in [4.78, 5) is 0. The van der Waals surface area contributed by atoms with E-state index in [-0.39, 0.29) is 11.5 Å². The summed E-state index contributed by atoms with van der Waals surface area (Å²) in [5, 5.41) is 0. The van der Waals surface area contributed by atoms with Crippen LogP contribution < -0.4 is 11.3 Å². The van der Waals surface area contributed by atoms with Crippen LogP contribution in [0.3, 0.4) is 0 Å². The molecule has 3 nitrogen and oxygen atoms in total. The molecular weight excluding hydrogens is 224 g/mol. The van der Waals surface area contributed by atoms with Crippen molar-refractivity contribution in [2.24, 2.45) is 5.84 Å². The van der Waals surface area contributed by atoms with Crippen LogP contribution in [0.1, 0.15) is 32.3 Å². The topological polar surface area (TPSA) is 47.3 Å². The van der Waals surface area contributed by atoms with Crippen molar-refractivity contribution in [2.75, 3.05) is 6.61 Å². The van der Waals surface area contributed by atoms with Gasteiger partial charge in [0.1, 0.15) is 0 Å². The van der Waals surface area contributed by atoms with Gasteiger partial charge in [-0.05, 0) is 24.0 Å². The molecule has 3 heteroatoms.